The highest BCUT2D eigenvalue weighted by Gasteiger charge is 2.17. The summed E-state index contributed by atoms with van der Waals surface area (Å²) in [6, 6.07) is 15.0. The molecule has 3 rings (SSSR count). The fourth-order valence-corrected chi connectivity index (χ4v) is 3.12. The van der Waals surface area contributed by atoms with E-state index in [0.29, 0.717) is 0 Å². The van der Waals surface area contributed by atoms with Crippen molar-refractivity contribution in [2.24, 2.45) is 0 Å². The van der Waals surface area contributed by atoms with E-state index in [-0.39, 0.29) is 5.41 Å². The molecule has 0 unspecified atom stereocenters. The van der Waals surface area contributed by atoms with Gasteiger partial charge in [-0.2, -0.15) is 0 Å². The molecule has 96 valence electrons. The highest BCUT2D eigenvalue weighted by molar-refractivity contribution is 7.13. The third kappa shape index (κ3) is 2.41. The Morgan fingerprint density at radius 3 is 2.37 bits per heavy atom. The number of thiazole rings is 1. The Hall–Kier alpha value is -1.67. The molecule has 0 saturated carbocycles. The zero-order valence-corrected chi connectivity index (χ0v) is 12.3. The zero-order chi connectivity index (χ0) is 13.5. The topological polar surface area (TPSA) is 12.9 Å². The normalized spacial score (nSPS) is 11.9. The van der Waals surface area contributed by atoms with Gasteiger partial charge in [-0.25, -0.2) is 4.98 Å². The van der Waals surface area contributed by atoms with E-state index in [2.05, 4.69) is 68.6 Å². The van der Waals surface area contributed by atoms with E-state index in [9.17, 15) is 0 Å². The van der Waals surface area contributed by atoms with Gasteiger partial charge in [-0.3, -0.25) is 0 Å². The first-order valence-corrected chi connectivity index (χ1v) is 7.37. The van der Waals surface area contributed by atoms with Crippen LogP contribution in [0.15, 0.2) is 47.8 Å². The molecule has 1 nitrogen and oxygen atoms in total. The van der Waals surface area contributed by atoms with Gasteiger partial charge in [0.15, 0.2) is 0 Å². The third-order valence-electron chi connectivity index (χ3n) is 3.27. The van der Waals surface area contributed by atoms with Crippen molar-refractivity contribution in [3.63, 3.8) is 0 Å². The molecule has 1 aromatic heterocycles. The van der Waals surface area contributed by atoms with Crippen molar-refractivity contribution in [3.8, 4) is 10.6 Å². The van der Waals surface area contributed by atoms with Crippen LogP contribution in [0.5, 0.6) is 0 Å². The smallest absolute Gasteiger partial charge is 0.123 e. The number of hydrogen-bond donors (Lipinski definition) is 0. The standard InChI is InChI=1S/C17H17NS/c1-17(2,3)15-11-19-16(18-15)14-9-8-12-6-4-5-7-13(12)10-14/h4-11H,1-3H3. The van der Waals surface area contributed by atoms with Crippen molar-refractivity contribution in [1.29, 1.82) is 0 Å². The van der Waals surface area contributed by atoms with Gasteiger partial charge < -0.3 is 0 Å². The number of hydrogen-bond acceptors (Lipinski definition) is 2. The van der Waals surface area contributed by atoms with Gasteiger partial charge in [0, 0.05) is 16.4 Å². The summed E-state index contributed by atoms with van der Waals surface area (Å²) in [6.07, 6.45) is 0. The summed E-state index contributed by atoms with van der Waals surface area (Å²) in [5, 5.41) is 5.83. The van der Waals surface area contributed by atoms with Crippen LogP contribution in [0, 0.1) is 0 Å². The molecule has 19 heavy (non-hydrogen) atoms. The van der Waals surface area contributed by atoms with Gasteiger partial charge in [0.1, 0.15) is 5.01 Å². The summed E-state index contributed by atoms with van der Waals surface area (Å²) in [7, 11) is 0. The second-order valence-electron chi connectivity index (χ2n) is 5.85. The van der Waals surface area contributed by atoms with Crippen LogP contribution < -0.4 is 0 Å². The van der Waals surface area contributed by atoms with Crippen LogP contribution in [0.2, 0.25) is 0 Å². The van der Waals surface area contributed by atoms with E-state index in [1.807, 2.05) is 0 Å². The van der Waals surface area contributed by atoms with Gasteiger partial charge in [-0.1, -0.05) is 57.2 Å². The van der Waals surface area contributed by atoms with Crippen molar-refractivity contribution in [1.82, 2.24) is 4.98 Å². The Morgan fingerprint density at radius 2 is 1.68 bits per heavy atom. The molecule has 1 heterocycles. The van der Waals surface area contributed by atoms with Gasteiger partial charge in [-0.15, -0.1) is 11.3 Å². The molecule has 2 aromatic carbocycles. The van der Waals surface area contributed by atoms with Crippen LogP contribution in [0.3, 0.4) is 0 Å². The lowest BCUT2D eigenvalue weighted by Gasteiger charge is -2.14. The highest BCUT2D eigenvalue weighted by Crippen LogP contribution is 2.31. The fourth-order valence-electron chi connectivity index (χ4n) is 2.07. The van der Waals surface area contributed by atoms with E-state index >= 15 is 0 Å². The van der Waals surface area contributed by atoms with Gasteiger partial charge in [0.05, 0.1) is 5.69 Å². The quantitative estimate of drug-likeness (QED) is 0.586. The Morgan fingerprint density at radius 1 is 0.947 bits per heavy atom. The largest absolute Gasteiger partial charge is 0.241 e. The van der Waals surface area contributed by atoms with Gasteiger partial charge in [-0.05, 0) is 16.8 Å². The average molecular weight is 267 g/mol. The van der Waals surface area contributed by atoms with Crippen LogP contribution in [0.25, 0.3) is 21.3 Å². The highest BCUT2D eigenvalue weighted by atomic mass is 32.1. The Kier molecular flexibility index (Phi) is 2.90. The Labute approximate surface area is 117 Å². The lowest BCUT2D eigenvalue weighted by atomic mass is 9.93. The second kappa shape index (κ2) is 4.46. The monoisotopic (exact) mass is 267 g/mol. The lowest BCUT2D eigenvalue weighted by molar-refractivity contribution is 0.573. The number of benzene rings is 2. The lowest BCUT2D eigenvalue weighted by Crippen LogP contribution is -2.11. The van der Waals surface area contributed by atoms with E-state index in [0.717, 1.165) is 5.01 Å². The summed E-state index contributed by atoms with van der Waals surface area (Å²) in [4.78, 5) is 4.78. The van der Waals surface area contributed by atoms with Crippen molar-refractivity contribution in [2.75, 3.05) is 0 Å². The first kappa shape index (κ1) is 12.4. The van der Waals surface area contributed by atoms with Crippen LogP contribution in [0.1, 0.15) is 26.5 Å². The van der Waals surface area contributed by atoms with Crippen molar-refractivity contribution < 1.29 is 0 Å². The molecule has 0 aliphatic carbocycles. The minimum atomic E-state index is 0.117. The van der Waals surface area contributed by atoms with Crippen molar-refractivity contribution in [3.05, 3.63) is 53.5 Å². The molecular weight excluding hydrogens is 250 g/mol. The third-order valence-corrected chi connectivity index (χ3v) is 4.16. The summed E-state index contributed by atoms with van der Waals surface area (Å²) < 4.78 is 0. The van der Waals surface area contributed by atoms with Gasteiger partial charge in [0.25, 0.3) is 0 Å². The number of rotatable bonds is 1. The molecule has 0 atom stereocenters. The van der Waals surface area contributed by atoms with Crippen LogP contribution in [-0.4, -0.2) is 4.98 Å². The first-order chi connectivity index (χ1) is 9.04. The number of aromatic nitrogens is 1. The van der Waals surface area contributed by atoms with Gasteiger partial charge in [0.2, 0.25) is 0 Å². The predicted octanol–water partition coefficient (Wildman–Crippen LogP) is 5.26. The number of nitrogens with zero attached hydrogens (tertiary/aromatic N) is 1. The predicted molar refractivity (Wildman–Crippen MR) is 83.8 cm³/mol. The maximum absolute atomic E-state index is 4.78. The molecule has 3 aromatic rings. The Balaban J connectivity index is 2.07. The Bertz CT molecular complexity index is 719. The molecule has 0 amide bonds. The van der Waals surface area contributed by atoms with Gasteiger partial charge >= 0.3 is 0 Å². The molecule has 0 bridgehead atoms. The minimum absolute atomic E-state index is 0.117. The van der Waals surface area contributed by atoms with Crippen LogP contribution in [0.4, 0.5) is 0 Å². The molecule has 0 N–H and O–H groups in total. The second-order valence-corrected chi connectivity index (χ2v) is 6.71. The summed E-state index contributed by atoms with van der Waals surface area (Å²) in [6.45, 7) is 6.60. The SMILES string of the molecule is CC(C)(C)c1csc(-c2ccc3ccccc3c2)n1. The molecule has 0 saturated heterocycles. The summed E-state index contributed by atoms with van der Waals surface area (Å²) in [5.74, 6) is 0. The number of fused-ring (bicyclic) bond motifs is 1. The zero-order valence-electron chi connectivity index (χ0n) is 11.5. The molecule has 0 fully saturated rings. The average Bonchev–Trinajstić information content (AvgIpc) is 2.87. The fraction of sp³-hybridized carbons (Fsp3) is 0.235. The van der Waals surface area contributed by atoms with Crippen molar-refractivity contribution >= 4 is 22.1 Å². The van der Waals surface area contributed by atoms with Crippen LogP contribution >= 0.6 is 11.3 Å². The van der Waals surface area contributed by atoms with E-state index < -0.39 is 0 Å². The maximum Gasteiger partial charge on any atom is 0.123 e. The van der Waals surface area contributed by atoms with Crippen molar-refractivity contribution in [2.45, 2.75) is 26.2 Å². The summed E-state index contributed by atoms with van der Waals surface area (Å²) in [5.41, 5.74) is 2.49. The molecular formula is C17H17NS. The first-order valence-electron chi connectivity index (χ1n) is 6.49. The molecule has 0 spiro atoms. The van der Waals surface area contributed by atoms with E-state index in [4.69, 9.17) is 4.98 Å². The van der Waals surface area contributed by atoms with E-state index in [1.54, 1.807) is 11.3 Å². The van der Waals surface area contributed by atoms with Crippen LogP contribution in [-0.2, 0) is 5.41 Å². The molecule has 0 aliphatic rings. The maximum atomic E-state index is 4.78. The molecule has 2 heteroatoms. The minimum Gasteiger partial charge on any atom is -0.241 e. The van der Waals surface area contributed by atoms with E-state index in [1.165, 1.54) is 22.0 Å². The summed E-state index contributed by atoms with van der Waals surface area (Å²) >= 11 is 1.73. The molecule has 0 radical (unpaired) electrons. The molecule has 0 aliphatic heterocycles.